The summed E-state index contributed by atoms with van der Waals surface area (Å²) >= 11 is 0. The normalized spacial score (nSPS) is 19.7. The van der Waals surface area contributed by atoms with Crippen LogP contribution >= 0.6 is 0 Å². The summed E-state index contributed by atoms with van der Waals surface area (Å²) < 4.78 is 20.4. The Kier molecular flexibility index (Phi) is 7.40. The van der Waals surface area contributed by atoms with Crippen LogP contribution in [0, 0.1) is 18.7 Å². The van der Waals surface area contributed by atoms with Gasteiger partial charge in [-0.1, -0.05) is 38.1 Å². The Hall–Kier alpha value is -3.82. The third kappa shape index (κ3) is 5.39. The average molecular weight is 517 g/mol. The molecule has 2 aliphatic rings. The fraction of sp³-hybridized carbons (Fsp3) is 0.345. The third-order valence-electron chi connectivity index (χ3n) is 6.88. The van der Waals surface area contributed by atoms with Crippen LogP contribution in [0.1, 0.15) is 30.8 Å². The van der Waals surface area contributed by atoms with Crippen LogP contribution in [0.2, 0.25) is 0 Å². The van der Waals surface area contributed by atoms with E-state index in [1.54, 1.807) is 18.2 Å². The molecule has 0 saturated carbocycles. The predicted octanol–water partition coefficient (Wildman–Crippen LogP) is 4.47. The molecular formula is C29H33FN6O2. The number of aliphatic imine (C=N–C) groups is 1. The number of carbonyl (C=O) groups is 1. The van der Waals surface area contributed by atoms with Crippen LogP contribution in [0.3, 0.4) is 0 Å². The first-order chi connectivity index (χ1) is 18.3. The standard InChI is InChI=1S/C29H33FN6O2/c1-19(2)27-31-18-29(34-27,26-6-4-5-20(3)32-26)22-9-12-25(30)24(17-22)21-7-10-23(11-8-21)33-28(37)35-36-13-15-38-16-14-36/h4-12,17,19H,13-16,18H2,1-3H3,(H,31,34)(H2,33,35,37). The summed E-state index contributed by atoms with van der Waals surface area (Å²) in [7, 11) is 0. The quantitative estimate of drug-likeness (QED) is 0.450. The molecule has 1 fully saturated rings. The van der Waals surface area contributed by atoms with Gasteiger partial charge in [-0.05, 0) is 54.4 Å². The molecule has 2 aliphatic heterocycles. The highest BCUT2D eigenvalue weighted by Crippen LogP contribution is 2.36. The van der Waals surface area contributed by atoms with E-state index in [1.807, 2.05) is 48.3 Å². The zero-order valence-corrected chi connectivity index (χ0v) is 21.9. The molecular weight excluding hydrogens is 483 g/mol. The first-order valence-corrected chi connectivity index (χ1v) is 12.9. The van der Waals surface area contributed by atoms with Crippen molar-refractivity contribution in [2.45, 2.75) is 26.3 Å². The van der Waals surface area contributed by atoms with Gasteiger partial charge in [-0.15, -0.1) is 0 Å². The van der Waals surface area contributed by atoms with E-state index in [4.69, 9.17) is 14.7 Å². The van der Waals surface area contributed by atoms with Gasteiger partial charge in [0.1, 0.15) is 17.2 Å². The van der Waals surface area contributed by atoms with Crippen molar-refractivity contribution in [2.75, 3.05) is 38.2 Å². The second-order valence-corrected chi connectivity index (χ2v) is 9.99. The fourth-order valence-electron chi connectivity index (χ4n) is 4.79. The number of hydrogen-bond donors (Lipinski definition) is 3. The molecule has 0 radical (unpaired) electrons. The smallest absolute Gasteiger partial charge is 0.333 e. The molecule has 0 bridgehead atoms. The summed E-state index contributed by atoms with van der Waals surface area (Å²) in [5.74, 6) is 0.807. The number of amides is 2. The number of aryl methyl sites for hydroxylation is 1. The molecule has 3 N–H and O–H groups in total. The SMILES string of the molecule is Cc1cccc(C2(c3ccc(F)c(-c4ccc(NC(=O)NN5CCOCC5)cc4)c3)CN=C(C(C)C)N2)n1. The average Bonchev–Trinajstić information content (AvgIpc) is 3.37. The highest BCUT2D eigenvalue weighted by Gasteiger charge is 2.41. The molecule has 1 saturated heterocycles. The van der Waals surface area contributed by atoms with Gasteiger partial charge < -0.3 is 15.4 Å². The summed E-state index contributed by atoms with van der Waals surface area (Å²) in [6.07, 6.45) is 0. The van der Waals surface area contributed by atoms with Crippen LogP contribution in [0.4, 0.5) is 14.9 Å². The molecule has 9 heteroatoms. The molecule has 2 aromatic carbocycles. The monoisotopic (exact) mass is 516 g/mol. The van der Waals surface area contributed by atoms with Crippen LogP contribution in [0.15, 0.2) is 65.7 Å². The van der Waals surface area contributed by atoms with Crippen molar-refractivity contribution in [3.8, 4) is 11.1 Å². The van der Waals surface area contributed by atoms with Gasteiger partial charge in [0, 0.05) is 36.0 Å². The number of aromatic nitrogens is 1. The van der Waals surface area contributed by atoms with E-state index in [0.717, 1.165) is 22.8 Å². The molecule has 1 atom stereocenters. The number of carbonyl (C=O) groups excluding carboxylic acids is 1. The number of amidine groups is 1. The maximum absolute atomic E-state index is 15.1. The topological polar surface area (TPSA) is 90.9 Å². The number of nitrogens with one attached hydrogen (secondary N) is 3. The van der Waals surface area contributed by atoms with Gasteiger partial charge in [0.05, 0.1) is 25.5 Å². The second-order valence-electron chi connectivity index (χ2n) is 9.99. The number of urea groups is 1. The Bertz CT molecular complexity index is 1340. The lowest BCUT2D eigenvalue weighted by atomic mass is 9.84. The van der Waals surface area contributed by atoms with Crippen molar-refractivity contribution in [3.63, 3.8) is 0 Å². The lowest BCUT2D eigenvalue weighted by Crippen LogP contribution is -2.49. The summed E-state index contributed by atoms with van der Waals surface area (Å²) in [6, 6.07) is 17.9. The van der Waals surface area contributed by atoms with Crippen molar-refractivity contribution in [3.05, 3.63) is 83.4 Å². The first-order valence-electron chi connectivity index (χ1n) is 12.9. The number of morpholine rings is 1. The molecule has 8 nitrogen and oxygen atoms in total. The van der Waals surface area contributed by atoms with Crippen molar-refractivity contribution in [2.24, 2.45) is 10.9 Å². The van der Waals surface area contributed by atoms with Crippen molar-refractivity contribution < 1.29 is 13.9 Å². The Morgan fingerprint density at radius 1 is 1.11 bits per heavy atom. The summed E-state index contributed by atoms with van der Waals surface area (Å²) in [4.78, 5) is 22.0. The first kappa shape index (κ1) is 25.8. The van der Waals surface area contributed by atoms with Gasteiger partial charge in [-0.2, -0.15) is 0 Å². The van der Waals surface area contributed by atoms with E-state index in [9.17, 15) is 4.79 Å². The second kappa shape index (κ2) is 10.9. The molecule has 1 unspecified atom stereocenters. The number of pyridine rings is 1. The van der Waals surface area contributed by atoms with Gasteiger partial charge in [0.15, 0.2) is 0 Å². The van der Waals surface area contributed by atoms with Gasteiger partial charge in [-0.25, -0.2) is 14.2 Å². The number of nitrogens with zero attached hydrogens (tertiary/aromatic N) is 3. The molecule has 2 amide bonds. The highest BCUT2D eigenvalue weighted by atomic mass is 19.1. The highest BCUT2D eigenvalue weighted by molar-refractivity contribution is 5.89. The van der Waals surface area contributed by atoms with Crippen LogP contribution < -0.4 is 16.1 Å². The van der Waals surface area contributed by atoms with Crippen molar-refractivity contribution >= 4 is 17.6 Å². The zero-order chi connectivity index (χ0) is 26.7. The molecule has 3 heterocycles. The van der Waals surface area contributed by atoms with Gasteiger partial charge in [0.2, 0.25) is 0 Å². The number of benzene rings is 2. The van der Waals surface area contributed by atoms with E-state index in [1.165, 1.54) is 6.07 Å². The van der Waals surface area contributed by atoms with Crippen LogP contribution in [0.5, 0.6) is 0 Å². The number of halogens is 1. The van der Waals surface area contributed by atoms with Crippen LogP contribution in [-0.2, 0) is 10.3 Å². The molecule has 5 rings (SSSR count). The summed E-state index contributed by atoms with van der Waals surface area (Å²) in [5.41, 5.74) is 6.56. The van der Waals surface area contributed by atoms with E-state index >= 15 is 4.39 Å². The predicted molar refractivity (Wildman–Crippen MR) is 146 cm³/mol. The zero-order valence-electron chi connectivity index (χ0n) is 21.9. The van der Waals surface area contributed by atoms with E-state index < -0.39 is 5.54 Å². The lowest BCUT2D eigenvalue weighted by Gasteiger charge is -2.31. The summed E-state index contributed by atoms with van der Waals surface area (Å²) in [6.45, 7) is 9.08. The molecule has 3 aromatic rings. The number of hydrazine groups is 1. The lowest BCUT2D eigenvalue weighted by molar-refractivity contribution is 0.0207. The van der Waals surface area contributed by atoms with Gasteiger partial charge >= 0.3 is 6.03 Å². The minimum absolute atomic E-state index is 0.224. The van der Waals surface area contributed by atoms with Crippen LogP contribution in [0.25, 0.3) is 11.1 Å². The maximum atomic E-state index is 15.1. The van der Waals surface area contributed by atoms with Gasteiger partial charge in [-0.3, -0.25) is 15.4 Å². The number of anilines is 1. The van der Waals surface area contributed by atoms with E-state index in [2.05, 4.69) is 29.9 Å². The Balaban J connectivity index is 1.40. The maximum Gasteiger partial charge on any atom is 0.333 e. The molecule has 0 spiro atoms. The molecule has 0 aliphatic carbocycles. The van der Waals surface area contributed by atoms with E-state index in [-0.39, 0.29) is 17.8 Å². The fourth-order valence-corrected chi connectivity index (χ4v) is 4.79. The largest absolute Gasteiger partial charge is 0.379 e. The third-order valence-corrected chi connectivity index (χ3v) is 6.88. The molecule has 198 valence electrons. The van der Waals surface area contributed by atoms with Crippen LogP contribution in [-0.4, -0.2) is 54.7 Å². The Labute approximate surface area is 222 Å². The number of hydrogen-bond acceptors (Lipinski definition) is 6. The number of rotatable bonds is 6. The molecule has 38 heavy (non-hydrogen) atoms. The Morgan fingerprint density at radius 3 is 2.55 bits per heavy atom. The van der Waals surface area contributed by atoms with Crippen molar-refractivity contribution in [1.29, 1.82) is 0 Å². The van der Waals surface area contributed by atoms with Crippen molar-refractivity contribution in [1.82, 2.24) is 20.7 Å². The molecule has 1 aromatic heterocycles. The minimum Gasteiger partial charge on any atom is -0.379 e. The Morgan fingerprint density at radius 2 is 1.87 bits per heavy atom. The minimum atomic E-state index is -0.687. The summed E-state index contributed by atoms with van der Waals surface area (Å²) in [5, 5.41) is 8.27. The number of ether oxygens (including phenoxy) is 1. The van der Waals surface area contributed by atoms with E-state index in [0.29, 0.717) is 49.7 Å². The van der Waals surface area contributed by atoms with Gasteiger partial charge in [0.25, 0.3) is 0 Å².